The molecule has 0 aliphatic rings. The van der Waals surface area contributed by atoms with Crippen molar-refractivity contribution in [2.75, 3.05) is 18.2 Å². The van der Waals surface area contributed by atoms with E-state index in [2.05, 4.69) is 6.92 Å². The molecule has 0 heterocycles. The van der Waals surface area contributed by atoms with Gasteiger partial charge in [0.1, 0.15) is 0 Å². The van der Waals surface area contributed by atoms with E-state index in [9.17, 15) is 8.42 Å². The molecular formula is C12H26ClNO2S. The normalized spacial score (nSPS) is 12.6. The molecule has 0 bridgehead atoms. The van der Waals surface area contributed by atoms with Gasteiger partial charge in [-0.05, 0) is 33.1 Å². The molecule has 0 atom stereocenters. The van der Waals surface area contributed by atoms with Gasteiger partial charge in [-0.1, -0.05) is 19.8 Å². The Morgan fingerprint density at radius 1 is 1.12 bits per heavy atom. The molecule has 0 aliphatic carbocycles. The molecule has 5 heteroatoms. The summed E-state index contributed by atoms with van der Waals surface area (Å²) < 4.78 is 25.9. The molecule has 0 spiro atoms. The Bertz CT molecular complexity index is 278. The fourth-order valence-corrected chi connectivity index (χ4v) is 3.77. The molecule has 0 saturated heterocycles. The van der Waals surface area contributed by atoms with Gasteiger partial charge >= 0.3 is 0 Å². The van der Waals surface area contributed by atoms with Gasteiger partial charge in [-0.25, -0.2) is 8.42 Å². The fourth-order valence-electron chi connectivity index (χ4n) is 1.73. The van der Waals surface area contributed by atoms with E-state index in [0.717, 1.165) is 25.7 Å². The zero-order valence-electron chi connectivity index (χ0n) is 11.3. The predicted molar refractivity (Wildman–Crippen MR) is 75.1 cm³/mol. The summed E-state index contributed by atoms with van der Waals surface area (Å²) in [4.78, 5) is 0. The van der Waals surface area contributed by atoms with E-state index < -0.39 is 10.0 Å². The quantitative estimate of drug-likeness (QED) is 0.456. The Labute approximate surface area is 112 Å². The number of unbranched alkanes of at least 4 members (excludes halogenated alkanes) is 3. The number of hydrogen-bond acceptors (Lipinski definition) is 2. The molecule has 0 saturated carbocycles. The van der Waals surface area contributed by atoms with Crippen LogP contribution < -0.4 is 0 Å². The Balaban J connectivity index is 4.35. The summed E-state index contributed by atoms with van der Waals surface area (Å²) in [6, 6.07) is 0.0489. The maximum Gasteiger partial charge on any atom is 0.214 e. The number of nitrogens with zero attached hydrogens (tertiary/aromatic N) is 1. The average Bonchev–Trinajstić information content (AvgIpc) is 2.23. The summed E-state index contributed by atoms with van der Waals surface area (Å²) in [5.74, 6) is 0.761. The van der Waals surface area contributed by atoms with Gasteiger partial charge in [-0.2, -0.15) is 4.31 Å². The number of hydrogen-bond donors (Lipinski definition) is 0. The van der Waals surface area contributed by atoms with E-state index in [0.29, 0.717) is 18.8 Å². The van der Waals surface area contributed by atoms with Crippen molar-refractivity contribution in [1.29, 1.82) is 0 Å². The van der Waals surface area contributed by atoms with Crippen molar-refractivity contribution in [3.8, 4) is 0 Å². The molecule has 0 aromatic heterocycles. The summed E-state index contributed by atoms with van der Waals surface area (Å²) in [7, 11) is -3.10. The second-order valence-electron chi connectivity index (χ2n) is 4.62. The van der Waals surface area contributed by atoms with Gasteiger partial charge in [0.25, 0.3) is 0 Å². The highest BCUT2D eigenvalue weighted by molar-refractivity contribution is 7.89. The second kappa shape index (κ2) is 9.17. The fraction of sp³-hybridized carbons (Fsp3) is 1.00. The molecule has 0 radical (unpaired) electrons. The molecule has 0 fully saturated rings. The van der Waals surface area contributed by atoms with Crippen molar-refractivity contribution in [1.82, 2.24) is 4.31 Å². The lowest BCUT2D eigenvalue weighted by molar-refractivity contribution is 0.345. The molecule has 0 unspecified atom stereocenters. The Morgan fingerprint density at radius 3 is 2.24 bits per heavy atom. The van der Waals surface area contributed by atoms with Gasteiger partial charge in [0.15, 0.2) is 0 Å². The first-order chi connectivity index (χ1) is 7.95. The van der Waals surface area contributed by atoms with E-state index in [1.165, 1.54) is 0 Å². The molecule has 0 aromatic rings. The largest absolute Gasteiger partial charge is 0.214 e. The van der Waals surface area contributed by atoms with E-state index in [1.807, 2.05) is 13.8 Å². The first kappa shape index (κ1) is 17.2. The monoisotopic (exact) mass is 283 g/mol. The Morgan fingerprint density at radius 2 is 1.76 bits per heavy atom. The van der Waals surface area contributed by atoms with Gasteiger partial charge < -0.3 is 0 Å². The minimum absolute atomic E-state index is 0.0489. The van der Waals surface area contributed by atoms with Crippen LogP contribution in [0.25, 0.3) is 0 Å². The zero-order chi connectivity index (χ0) is 13.3. The van der Waals surface area contributed by atoms with E-state index in [-0.39, 0.29) is 11.8 Å². The van der Waals surface area contributed by atoms with Crippen LogP contribution in [0.3, 0.4) is 0 Å². The molecule has 17 heavy (non-hydrogen) atoms. The summed E-state index contributed by atoms with van der Waals surface area (Å²) in [6.07, 6.45) is 4.56. The van der Waals surface area contributed by atoms with Crippen LogP contribution >= 0.6 is 11.6 Å². The smallest absolute Gasteiger partial charge is 0.212 e. The Kier molecular flexibility index (Phi) is 9.28. The summed E-state index contributed by atoms with van der Waals surface area (Å²) >= 11 is 5.57. The van der Waals surface area contributed by atoms with Crippen LogP contribution in [0.4, 0.5) is 0 Å². The molecule has 3 nitrogen and oxygen atoms in total. The predicted octanol–water partition coefficient (Wildman–Crippen LogP) is 3.24. The minimum Gasteiger partial charge on any atom is -0.212 e. The van der Waals surface area contributed by atoms with E-state index in [4.69, 9.17) is 11.6 Å². The number of alkyl halides is 1. The topological polar surface area (TPSA) is 37.4 Å². The van der Waals surface area contributed by atoms with Crippen LogP contribution in [-0.2, 0) is 10.0 Å². The van der Waals surface area contributed by atoms with Gasteiger partial charge in [-0.15, -0.1) is 11.6 Å². The first-order valence-corrected chi connectivity index (χ1v) is 8.65. The third kappa shape index (κ3) is 7.27. The molecule has 0 aliphatic heterocycles. The summed E-state index contributed by atoms with van der Waals surface area (Å²) in [5, 5.41) is 0. The van der Waals surface area contributed by atoms with Gasteiger partial charge in [0, 0.05) is 18.5 Å². The van der Waals surface area contributed by atoms with Crippen molar-refractivity contribution in [3.05, 3.63) is 0 Å². The molecule has 0 amide bonds. The highest BCUT2D eigenvalue weighted by Gasteiger charge is 2.23. The van der Waals surface area contributed by atoms with Crippen LogP contribution in [0.1, 0.15) is 52.9 Å². The lowest BCUT2D eigenvalue weighted by atomic mass is 10.2. The molecule has 104 valence electrons. The van der Waals surface area contributed by atoms with Crippen LogP contribution in [0, 0.1) is 0 Å². The number of rotatable bonds is 10. The highest BCUT2D eigenvalue weighted by atomic mass is 35.5. The van der Waals surface area contributed by atoms with Crippen LogP contribution in [0.15, 0.2) is 0 Å². The van der Waals surface area contributed by atoms with Crippen LogP contribution in [-0.4, -0.2) is 36.9 Å². The summed E-state index contributed by atoms with van der Waals surface area (Å²) in [5.41, 5.74) is 0. The number of halogens is 1. The lowest BCUT2D eigenvalue weighted by Gasteiger charge is -2.25. The van der Waals surface area contributed by atoms with Crippen molar-refractivity contribution < 1.29 is 8.42 Å². The maximum atomic E-state index is 12.1. The average molecular weight is 284 g/mol. The van der Waals surface area contributed by atoms with Crippen molar-refractivity contribution >= 4 is 21.6 Å². The molecule has 0 aromatic carbocycles. The third-order valence-electron chi connectivity index (χ3n) is 2.70. The zero-order valence-corrected chi connectivity index (χ0v) is 12.9. The van der Waals surface area contributed by atoms with Gasteiger partial charge in [-0.3, -0.25) is 0 Å². The molecular weight excluding hydrogens is 258 g/mol. The molecule has 0 rings (SSSR count). The minimum atomic E-state index is -3.10. The lowest BCUT2D eigenvalue weighted by Crippen LogP contribution is -2.39. The third-order valence-corrected chi connectivity index (χ3v) is 5.09. The van der Waals surface area contributed by atoms with Crippen molar-refractivity contribution in [3.63, 3.8) is 0 Å². The number of sulfonamides is 1. The Hall–Kier alpha value is 0.200. The highest BCUT2D eigenvalue weighted by Crippen LogP contribution is 2.12. The maximum absolute atomic E-state index is 12.1. The van der Waals surface area contributed by atoms with Gasteiger partial charge in [0.2, 0.25) is 10.0 Å². The summed E-state index contributed by atoms with van der Waals surface area (Å²) in [6.45, 7) is 6.64. The first-order valence-electron chi connectivity index (χ1n) is 6.51. The van der Waals surface area contributed by atoms with E-state index >= 15 is 0 Å². The van der Waals surface area contributed by atoms with Crippen LogP contribution in [0.2, 0.25) is 0 Å². The van der Waals surface area contributed by atoms with Gasteiger partial charge in [0.05, 0.1) is 5.75 Å². The van der Waals surface area contributed by atoms with Crippen molar-refractivity contribution in [2.24, 2.45) is 0 Å². The van der Waals surface area contributed by atoms with Crippen LogP contribution in [0.5, 0.6) is 0 Å². The van der Waals surface area contributed by atoms with E-state index in [1.54, 1.807) is 4.31 Å². The standard InChI is InChI=1S/C12H26ClNO2S/c1-4-5-7-10-14(12(2)3)17(15,16)11-8-6-9-13/h12H,4-11H2,1-3H3. The van der Waals surface area contributed by atoms with Crippen molar-refractivity contribution in [2.45, 2.75) is 58.9 Å². The molecule has 0 N–H and O–H groups in total. The second-order valence-corrected chi connectivity index (χ2v) is 7.04. The SMILES string of the molecule is CCCCCN(C(C)C)S(=O)(=O)CCCCCl.